The number of nitrogens with zero attached hydrogens (tertiary/aromatic N) is 2. The third kappa shape index (κ3) is 3.24. The van der Waals surface area contributed by atoms with Crippen molar-refractivity contribution >= 4 is 43.9 Å². The summed E-state index contributed by atoms with van der Waals surface area (Å²) in [5.74, 6) is 0.440. The molecule has 0 unspecified atom stereocenters. The van der Waals surface area contributed by atoms with Gasteiger partial charge in [-0.25, -0.2) is 4.98 Å². The van der Waals surface area contributed by atoms with Crippen molar-refractivity contribution in [3.8, 4) is 11.5 Å². The lowest BCUT2D eigenvalue weighted by molar-refractivity contribution is 0.442. The molecule has 1 heterocycles. The molecule has 2 aromatic rings. The fraction of sp³-hybridized carbons (Fsp3) is 0. The number of phenolic OH excluding ortho intramolecular Hbond substituents is 2. The molecule has 0 aliphatic rings. The zero-order valence-corrected chi connectivity index (χ0v) is 12.7. The molecular weight excluding hydrogens is 378 g/mol. The summed E-state index contributed by atoms with van der Waals surface area (Å²) in [7, 11) is 0. The molecule has 3 N–H and O–H groups in total. The van der Waals surface area contributed by atoms with Crippen molar-refractivity contribution in [1.29, 1.82) is 0 Å². The van der Waals surface area contributed by atoms with Crippen LogP contribution < -0.4 is 5.43 Å². The Labute approximate surface area is 126 Å². The Kier molecular flexibility index (Phi) is 4.39. The molecule has 0 saturated heterocycles. The van der Waals surface area contributed by atoms with Gasteiger partial charge >= 0.3 is 0 Å². The minimum Gasteiger partial charge on any atom is -0.506 e. The molecule has 1 aromatic carbocycles. The van der Waals surface area contributed by atoms with Gasteiger partial charge in [-0.15, -0.1) is 0 Å². The van der Waals surface area contributed by atoms with Crippen LogP contribution in [-0.4, -0.2) is 21.4 Å². The molecule has 0 aliphatic carbocycles. The van der Waals surface area contributed by atoms with Gasteiger partial charge in [-0.3, -0.25) is 5.43 Å². The maximum atomic E-state index is 9.84. The second kappa shape index (κ2) is 6.03. The molecule has 0 atom stereocenters. The van der Waals surface area contributed by atoms with Crippen LogP contribution in [0.25, 0.3) is 0 Å². The number of aromatic hydroxyl groups is 2. The van der Waals surface area contributed by atoms with E-state index in [1.54, 1.807) is 24.4 Å². The van der Waals surface area contributed by atoms with Gasteiger partial charge in [-0.2, -0.15) is 5.10 Å². The van der Waals surface area contributed by atoms with Crippen molar-refractivity contribution in [2.75, 3.05) is 5.43 Å². The molecule has 1 aromatic heterocycles. The van der Waals surface area contributed by atoms with Crippen molar-refractivity contribution < 1.29 is 10.2 Å². The molecule has 0 aliphatic heterocycles. The quantitative estimate of drug-likeness (QED) is 0.557. The van der Waals surface area contributed by atoms with Crippen molar-refractivity contribution in [1.82, 2.24) is 4.98 Å². The van der Waals surface area contributed by atoms with E-state index in [0.29, 0.717) is 15.9 Å². The third-order valence-corrected chi connectivity index (χ3v) is 3.60. The lowest BCUT2D eigenvalue weighted by Gasteiger charge is -2.06. The molecule has 0 fully saturated rings. The fourth-order valence-corrected chi connectivity index (χ4v) is 2.47. The van der Waals surface area contributed by atoms with Crippen LogP contribution in [-0.2, 0) is 0 Å². The first-order valence-corrected chi connectivity index (χ1v) is 6.78. The predicted octanol–water partition coefficient (Wildman–Crippen LogP) is 3.46. The fourth-order valence-electron chi connectivity index (χ4n) is 1.31. The zero-order chi connectivity index (χ0) is 13.8. The highest BCUT2D eigenvalue weighted by Gasteiger charge is 2.12. The van der Waals surface area contributed by atoms with Crippen molar-refractivity contribution in [2.24, 2.45) is 5.10 Å². The smallest absolute Gasteiger partial charge is 0.147 e. The minimum atomic E-state index is -0.0905. The number of pyridine rings is 1. The summed E-state index contributed by atoms with van der Waals surface area (Å²) in [6.45, 7) is 0. The Morgan fingerprint density at radius 2 is 2.00 bits per heavy atom. The monoisotopic (exact) mass is 385 g/mol. The van der Waals surface area contributed by atoms with Gasteiger partial charge in [-0.05, 0) is 50.1 Å². The van der Waals surface area contributed by atoms with Crippen LogP contribution in [0.4, 0.5) is 5.82 Å². The van der Waals surface area contributed by atoms with Crippen LogP contribution in [0.5, 0.6) is 11.5 Å². The number of aromatic nitrogens is 1. The van der Waals surface area contributed by atoms with E-state index in [1.807, 2.05) is 6.07 Å². The van der Waals surface area contributed by atoms with Crippen LogP contribution >= 0.6 is 31.9 Å². The lowest BCUT2D eigenvalue weighted by atomic mass is 10.2. The first-order chi connectivity index (χ1) is 9.09. The van der Waals surface area contributed by atoms with E-state index in [9.17, 15) is 10.2 Å². The lowest BCUT2D eigenvalue weighted by Crippen LogP contribution is -1.93. The summed E-state index contributed by atoms with van der Waals surface area (Å²) in [5.41, 5.74) is 3.17. The van der Waals surface area contributed by atoms with Gasteiger partial charge in [0.2, 0.25) is 0 Å². The number of hydrazone groups is 1. The van der Waals surface area contributed by atoms with Gasteiger partial charge in [0.1, 0.15) is 21.8 Å². The summed E-state index contributed by atoms with van der Waals surface area (Å²) in [6, 6.07) is 6.95. The van der Waals surface area contributed by atoms with Gasteiger partial charge in [0.05, 0.1) is 10.7 Å². The molecule has 7 heteroatoms. The van der Waals surface area contributed by atoms with Crippen LogP contribution in [0.15, 0.2) is 44.5 Å². The summed E-state index contributed by atoms with van der Waals surface area (Å²) in [6.07, 6.45) is 3.07. The van der Waals surface area contributed by atoms with Crippen LogP contribution in [0.3, 0.4) is 0 Å². The first-order valence-electron chi connectivity index (χ1n) is 5.19. The van der Waals surface area contributed by atoms with Crippen molar-refractivity contribution in [2.45, 2.75) is 0 Å². The summed E-state index contributed by atoms with van der Waals surface area (Å²) < 4.78 is 0.664. The highest BCUT2D eigenvalue weighted by atomic mass is 79.9. The second-order valence-electron chi connectivity index (χ2n) is 3.54. The van der Waals surface area contributed by atoms with E-state index in [-0.39, 0.29) is 16.0 Å². The van der Waals surface area contributed by atoms with Crippen LogP contribution in [0.1, 0.15) is 5.56 Å². The Hall–Kier alpha value is -1.60. The average Bonchev–Trinajstić information content (AvgIpc) is 2.43. The summed E-state index contributed by atoms with van der Waals surface area (Å²) in [5, 5.41) is 23.4. The normalized spacial score (nSPS) is 10.8. The van der Waals surface area contributed by atoms with Gasteiger partial charge in [0.25, 0.3) is 0 Å². The predicted molar refractivity (Wildman–Crippen MR) is 80.6 cm³/mol. The maximum absolute atomic E-state index is 9.84. The molecule has 0 bridgehead atoms. The number of halogens is 2. The number of phenols is 2. The van der Waals surface area contributed by atoms with Crippen molar-refractivity contribution in [3.05, 3.63) is 45.0 Å². The SMILES string of the molecule is Oc1c(Br)cc(/C=N\Nc2ccccn2)c(O)c1Br. The van der Waals surface area contributed by atoms with E-state index in [0.717, 1.165) is 0 Å². The summed E-state index contributed by atoms with van der Waals surface area (Å²) in [4.78, 5) is 4.04. The highest BCUT2D eigenvalue weighted by Crippen LogP contribution is 2.40. The van der Waals surface area contributed by atoms with Crippen LogP contribution in [0, 0.1) is 0 Å². The van der Waals surface area contributed by atoms with E-state index in [1.165, 1.54) is 6.21 Å². The van der Waals surface area contributed by atoms with E-state index < -0.39 is 0 Å². The molecule has 0 amide bonds. The largest absolute Gasteiger partial charge is 0.506 e. The molecule has 2 rings (SSSR count). The van der Waals surface area contributed by atoms with Crippen LogP contribution in [0.2, 0.25) is 0 Å². The molecular formula is C12H9Br2N3O2. The number of hydrogen-bond acceptors (Lipinski definition) is 5. The molecule has 0 saturated carbocycles. The van der Waals surface area contributed by atoms with E-state index in [2.05, 4.69) is 47.4 Å². The Morgan fingerprint density at radius 3 is 2.68 bits per heavy atom. The standard InChI is InChI=1S/C12H9Br2N3O2/c13-8-5-7(11(18)10(14)12(8)19)6-16-17-9-3-1-2-4-15-9/h1-6,18-19H,(H,15,17)/b16-6-. The Bertz CT molecular complexity index is 618. The second-order valence-corrected chi connectivity index (χ2v) is 5.19. The zero-order valence-electron chi connectivity index (χ0n) is 9.51. The summed E-state index contributed by atoms with van der Waals surface area (Å²) >= 11 is 6.28. The molecule has 19 heavy (non-hydrogen) atoms. The third-order valence-electron chi connectivity index (χ3n) is 2.25. The number of benzene rings is 1. The van der Waals surface area contributed by atoms with Gasteiger partial charge in [0.15, 0.2) is 0 Å². The molecule has 0 spiro atoms. The van der Waals surface area contributed by atoms with Crippen molar-refractivity contribution in [3.63, 3.8) is 0 Å². The van der Waals surface area contributed by atoms with Gasteiger partial charge < -0.3 is 10.2 Å². The van der Waals surface area contributed by atoms with E-state index in [4.69, 9.17) is 0 Å². The number of anilines is 1. The number of rotatable bonds is 3. The van der Waals surface area contributed by atoms with Gasteiger partial charge in [-0.1, -0.05) is 6.07 Å². The molecule has 0 radical (unpaired) electrons. The Morgan fingerprint density at radius 1 is 1.21 bits per heavy atom. The maximum Gasteiger partial charge on any atom is 0.147 e. The Balaban J connectivity index is 2.20. The van der Waals surface area contributed by atoms with E-state index >= 15 is 0 Å². The van der Waals surface area contributed by atoms with Gasteiger partial charge in [0, 0.05) is 11.8 Å². The minimum absolute atomic E-state index is 0.0627. The molecule has 5 nitrogen and oxygen atoms in total. The average molecular weight is 387 g/mol. The topological polar surface area (TPSA) is 77.7 Å². The first kappa shape index (κ1) is 13.8. The number of hydrogen-bond donors (Lipinski definition) is 3. The number of nitrogens with one attached hydrogen (secondary N) is 1. The highest BCUT2D eigenvalue weighted by molar-refractivity contribution is 9.11. The molecule has 98 valence electrons.